The standard InChI is InChI=1S/C64H113N2O6P/c1-6-8-10-12-14-16-18-20-22-24-26-27-28-29-30-31-32-33-34-35-36-37-38-39-40-42-44-46-48-50-52-54-56-58-64(68)65-62(61-72-73(69,70)71-60-59-66(3,4)5)63(67)57-55-53-51-49-47-45-43-41-25-23-21-19-17-15-13-11-9-7-2/h8,10,14,16,20,22,25-27,29-30,32-33,41,47,49,55,57,62-63,67H,6-7,9,11-13,15,17-19,21,23-24,28,31,34-40,42-46,48,50-54,56,58-61H2,1-5H3,(H-,65,68,69,70)/b10-8-,16-14-,22-20-,27-26-,30-29-,33-32-,41-25+,49-47+,57-55+. The van der Waals surface area contributed by atoms with E-state index < -0.39 is 26.6 Å². The predicted molar refractivity (Wildman–Crippen MR) is 316 cm³/mol. The Labute approximate surface area is 451 Å². The van der Waals surface area contributed by atoms with Gasteiger partial charge in [-0.3, -0.25) is 9.36 Å². The second-order valence-electron chi connectivity index (χ2n) is 20.9. The van der Waals surface area contributed by atoms with E-state index >= 15 is 0 Å². The molecule has 2 N–H and O–H groups in total. The van der Waals surface area contributed by atoms with E-state index in [0.717, 1.165) is 83.5 Å². The number of aliphatic hydroxyl groups is 1. The lowest BCUT2D eigenvalue weighted by Crippen LogP contribution is -2.45. The van der Waals surface area contributed by atoms with Crippen molar-refractivity contribution in [3.05, 3.63) is 109 Å². The van der Waals surface area contributed by atoms with Crippen LogP contribution in [-0.4, -0.2) is 68.5 Å². The van der Waals surface area contributed by atoms with Crippen molar-refractivity contribution in [1.82, 2.24) is 5.32 Å². The number of phosphoric ester groups is 1. The highest BCUT2D eigenvalue weighted by atomic mass is 31.2. The van der Waals surface area contributed by atoms with E-state index in [1.807, 2.05) is 27.2 Å². The number of allylic oxidation sites excluding steroid dienone is 17. The molecule has 0 rings (SSSR count). The Morgan fingerprint density at radius 2 is 0.849 bits per heavy atom. The monoisotopic (exact) mass is 1040 g/mol. The topological polar surface area (TPSA) is 108 Å². The van der Waals surface area contributed by atoms with E-state index in [4.69, 9.17) is 9.05 Å². The molecule has 0 aliphatic rings. The van der Waals surface area contributed by atoms with Crippen LogP contribution in [0.25, 0.3) is 0 Å². The van der Waals surface area contributed by atoms with E-state index in [1.165, 1.54) is 135 Å². The molecule has 9 heteroatoms. The summed E-state index contributed by atoms with van der Waals surface area (Å²) in [7, 11) is 1.23. The summed E-state index contributed by atoms with van der Waals surface area (Å²) < 4.78 is 23.3. The van der Waals surface area contributed by atoms with Crippen molar-refractivity contribution >= 4 is 13.7 Å². The van der Waals surface area contributed by atoms with Crippen molar-refractivity contribution < 1.29 is 32.9 Å². The molecule has 0 fully saturated rings. The third-order valence-electron chi connectivity index (χ3n) is 12.7. The lowest BCUT2D eigenvalue weighted by Gasteiger charge is -2.29. The molecule has 420 valence electrons. The molecular weight excluding hydrogens is 924 g/mol. The number of amides is 1. The lowest BCUT2D eigenvalue weighted by molar-refractivity contribution is -0.870. The molecule has 0 aromatic carbocycles. The summed E-state index contributed by atoms with van der Waals surface area (Å²) in [4.78, 5) is 25.5. The van der Waals surface area contributed by atoms with Crippen LogP contribution in [0.5, 0.6) is 0 Å². The highest BCUT2D eigenvalue weighted by molar-refractivity contribution is 7.45. The minimum atomic E-state index is -4.61. The van der Waals surface area contributed by atoms with E-state index in [9.17, 15) is 19.4 Å². The molecule has 0 aliphatic carbocycles. The maximum Gasteiger partial charge on any atom is 0.268 e. The Morgan fingerprint density at radius 1 is 0.493 bits per heavy atom. The smallest absolute Gasteiger partial charge is 0.268 e. The number of phosphoric acid groups is 1. The minimum absolute atomic E-state index is 0.0133. The van der Waals surface area contributed by atoms with Gasteiger partial charge in [0.2, 0.25) is 5.91 Å². The van der Waals surface area contributed by atoms with Gasteiger partial charge in [0.15, 0.2) is 0 Å². The first-order valence-corrected chi connectivity index (χ1v) is 31.2. The van der Waals surface area contributed by atoms with Gasteiger partial charge in [0.1, 0.15) is 13.2 Å². The van der Waals surface area contributed by atoms with Crippen LogP contribution in [0.4, 0.5) is 0 Å². The summed E-state index contributed by atoms with van der Waals surface area (Å²) in [6, 6.07) is -0.917. The average Bonchev–Trinajstić information content (AvgIpc) is 3.35. The van der Waals surface area contributed by atoms with Gasteiger partial charge < -0.3 is 28.8 Å². The van der Waals surface area contributed by atoms with Crippen molar-refractivity contribution in [2.24, 2.45) is 0 Å². The van der Waals surface area contributed by atoms with Crippen LogP contribution < -0.4 is 10.2 Å². The highest BCUT2D eigenvalue weighted by Gasteiger charge is 2.23. The highest BCUT2D eigenvalue weighted by Crippen LogP contribution is 2.38. The third kappa shape index (κ3) is 56.7. The molecule has 0 saturated heterocycles. The number of quaternary nitrogens is 1. The minimum Gasteiger partial charge on any atom is -0.756 e. The molecule has 0 saturated carbocycles. The number of likely N-dealkylation sites (N-methyl/N-ethyl adjacent to an activating group) is 1. The second-order valence-corrected chi connectivity index (χ2v) is 22.4. The lowest BCUT2D eigenvalue weighted by atomic mass is 10.0. The van der Waals surface area contributed by atoms with Crippen molar-refractivity contribution in [1.29, 1.82) is 0 Å². The molecule has 3 atom stereocenters. The van der Waals surface area contributed by atoms with Crippen LogP contribution in [0.1, 0.15) is 239 Å². The van der Waals surface area contributed by atoms with Crippen LogP contribution >= 0.6 is 7.82 Å². The fourth-order valence-corrected chi connectivity index (χ4v) is 8.79. The number of carbonyl (C=O) groups is 1. The first-order valence-electron chi connectivity index (χ1n) is 29.7. The normalized spacial score (nSPS) is 14.7. The SMILES string of the molecule is CC/C=C\C/C=C\C/C=C\C/C=C\C/C=C\C/C=C\CCCCCCCCCCCCCCCCC(=O)NC(COP(=O)([O-])OCC[N+](C)(C)C)C(O)/C=C/CC/C=C/CC/C=C/CCCCCCCCCC. The van der Waals surface area contributed by atoms with Crippen LogP contribution in [-0.2, 0) is 18.4 Å². The molecule has 0 aromatic heterocycles. The van der Waals surface area contributed by atoms with Gasteiger partial charge in [-0.05, 0) is 96.3 Å². The summed E-state index contributed by atoms with van der Waals surface area (Å²) in [5.41, 5.74) is 0. The van der Waals surface area contributed by atoms with E-state index in [1.54, 1.807) is 6.08 Å². The van der Waals surface area contributed by atoms with Crippen LogP contribution in [0.3, 0.4) is 0 Å². The van der Waals surface area contributed by atoms with Crippen LogP contribution in [0.2, 0.25) is 0 Å². The van der Waals surface area contributed by atoms with Crippen molar-refractivity contribution in [2.75, 3.05) is 40.9 Å². The van der Waals surface area contributed by atoms with Gasteiger partial charge in [-0.1, -0.05) is 245 Å². The predicted octanol–water partition coefficient (Wildman–Crippen LogP) is 17.7. The first kappa shape index (κ1) is 70.2. The molecule has 0 aromatic rings. The largest absolute Gasteiger partial charge is 0.756 e. The number of hydrogen-bond acceptors (Lipinski definition) is 6. The van der Waals surface area contributed by atoms with E-state index in [-0.39, 0.29) is 12.5 Å². The molecule has 0 spiro atoms. The van der Waals surface area contributed by atoms with Crippen molar-refractivity contribution in [3.8, 4) is 0 Å². The Kier molecular flexibility index (Phi) is 51.9. The number of nitrogens with one attached hydrogen (secondary N) is 1. The number of unbranched alkanes of at least 4 members (excludes halogenated alkanes) is 24. The summed E-state index contributed by atoms with van der Waals surface area (Å²) in [6.45, 7) is 4.50. The molecule has 0 aliphatic heterocycles. The van der Waals surface area contributed by atoms with Gasteiger partial charge in [0.25, 0.3) is 7.82 Å². The number of hydrogen-bond donors (Lipinski definition) is 2. The van der Waals surface area contributed by atoms with Gasteiger partial charge in [-0.15, -0.1) is 0 Å². The molecule has 3 unspecified atom stereocenters. The Hall–Kier alpha value is -2.84. The Balaban J connectivity index is 4.18. The second kappa shape index (κ2) is 54.0. The quantitative estimate of drug-likeness (QED) is 0.0272. The molecule has 1 amide bonds. The zero-order valence-corrected chi connectivity index (χ0v) is 48.7. The summed E-state index contributed by atoms with van der Waals surface area (Å²) >= 11 is 0. The number of rotatable bonds is 53. The van der Waals surface area contributed by atoms with E-state index in [0.29, 0.717) is 17.4 Å². The molecule has 8 nitrogen and oxygen atoms in total. The maximum absolute atomic E-state index is 13.0. The van der Waals surface area contributed by atoms with Gasteiger partial charge in [0.05, 0.1) is 39.9 Å². The van der Waals surface area contributed by atoms with Crippen molar-refractivity contribution in [2.45, 2.75) is 251 Å². The molecule has 0 bridgehead atoms. The van der Waals surface area contributed by atoms with Gasteiger partial charge in [-0.2, -0.15) is 0 Å². The number of carbonyl (C=O) groups excluding carboxylic acids is 1. The summed E-state index contributed by atoms with van der Waals surface area (Å²) in [6.07, 6.45) is 78.9. The number of nitrogens with zero attached hydrogens (tertiary/aromatic N) is 1. The fourth-order valence-electron chi connectivity index (χ4n) is 8.07. The Morgan fingerprint density at radius 3 is 1.27 bits per heavy atom. The van der Waals surface area contributed by atoms with Gasteiger partial charge in [-0.25, -0.2) is 0 Å². The molecule has 0 radical (unpaired) electrons. The fraction of sp³-hybridized carbons (Fsp3) is 0.703. The van der Waals surface area contributed by atoms with Crippen LogP contribution in [0, 0.1) is 0 Å². The van der Waals surface area contributed by atoms with Crippen LogP contribution in [0.15, 0.2) is 109 Å². The maximum atomic E-state index is 13.0. The molecule has 73 heavy (non-hydrogen) atoms. The summed E-state index contributed by atoms with van der Waals surface area (Å²) in [5, 5.41) is 13.9. The van der Waals surface area contributed by atoms with Gasteiger partial charge in [0, 0.05) is 6.42 Å². The van der Waals surface area contributed by atoms with E-state index in [2.05, 4.69) is 116 Å². The molecule has 0 heterocycles. The average molecular weight is 1040 g/mol. The third-order valence-corrected chi connectivity index (χ3v) is 13.7. The van der Waals surface area contributed by atoms with Gasteiger partial charge >= 0.3 is 0 Å². The summed E-state index contributed by atoms with van der Waals surface area (Å²) in [5.74, 6) is -0.215. The molecular formula is C64H113N2O6P. The zero-order valence-electron chi connectivity index (χ0n) is 47.8. The van der Waals surface area contributed by atoms with Crippen molar-refractivity contribution in [3.63, 3.8) is 0 Å². The Bertz CT molecular complexity index is 1550. The number of aliphatic hydroxyl groups excluding tert-OH is 1. The first-order chi connectivity index (χ1) is 35.5. The zero-order chi connectivity index (χ0) is 53.5.